The molecule has 0 radical (unpaired) electrons. The lowest BCUT2D eigenvalue weighted by Gasteiger charge is -2.31. The SMILES string of the molecule is N#C/C(=C(/O)C[NH+]1CCN(c2ncccn2)CC1)c1nc2ccccc2[nH]1. The number of hydrogen-bond donors (Lipinski definition) is 3. The van der Waals surface area contributed by atoms with Crippen LogP contribution in [-0.4, -0.2) is 57.8 Å². The van der Waals surface area contributed by atoms with E-state index in [1.54, 1.807) is 18.5 Å². The van der Waals surface area contributed by atoms with Gasteiger partial charge in [0.15, 0.2) is 11.6 Å². The van der Waals surface area contributed by atoms with Gasteiger partial charge in [0.05, 0.1) is 37.2 Å². The Morgan fingerprint density at radius 3 is 2.63 bits per heavy atom. The van der Waals surface area contributed by atoms with Gasteiger partial charge in [0.2, 0.25) is 5.95 Å². The maximum absolute atomic E-state index is 10.6. The van der Waals surface area contributed by atoms with Gasteiger partial charge in [-0.25, -0.2) is 15.0 Å². The summed E-state index contributed by atoms with van der Waals surface area (Å²) >= 11 is 0. The van der Waals surface area contributed by atoms with Gasteiger partial charge < -0.3 is 19.9 Å². The zero-order valence-electron chi connectivity index (χ0n) is 14.8. The van der Waals surface area contributed by atoms with Crippen LogP contribution in [0.25, 0.3) is 16.6 Å². The first-order valence-electron chi connectivity index (χ1n) is 8.87. The highest BCUT2D eigenvalue weighted by molar-refractivity contribution is 5.82. The van der Waals surface area contributed by atoms with Gasteiger partial charge in [0.1, 0.15) is 18.2 Å². The fourth-order valence-corrected chi connectivity index (χ4v) is 3.30. The first kappa shape index (κ1) is 17.0. The summed E-state index contributed by atoms with van der Waals surface area (Å²) in [5, 5.41) is 20.1. The van der Waals surface area contributed by atoms with Crippen molar-refractivity contribution in [1.29, 1.82) is 5.26 Å². The second kappa shape index (κ2) is 7.43. The zero-order valence-corrected chi connectivity index (χ0v) is 14.8. The van der Waals surface area contributed by atoms with Gasteiger partial charge in [-0.05, 0) is 18.2 Å². The van der Waals surface area contributed by atoms with Crippen LogP contribution in [0.1, 0.15) is 5.82 Å². The number of quaternary nitrogens is 1. The van der Waals surface area contributed by atoms with Gasteiger partial charge >= 0.3 is 0 Å². The van der Waals surface area contributed by atoms with E-state index in [-0.39, 0.29) is 11.3 Å². The number of anilines is 1. The predicted molar refractivity (Wildman–Crippen MR) is 101 cm³/mol. The lowest BCUT2D eigenvalue weighted by molar-refractivity contribution is -0.897. The van der Waals surface area contributed by atoms with Crippen LogP contribution in [0.5, 0.6) is 0 Å². The molecule has 1 aliphatic rings. The molecular formula is C19H20N7O+. The molecular weight excluding hydrogens is 342 g/mol. The third kappa shape index (κ3) is 3.59. The molecule has 1 aromatic carbocycles. The van der Waals surface area contributed by atoms with E-state index in [4.69, 9.17) is 0 Å². The molecule has 0 amide bonds. The number of nitrogens with one attached hydrogen (secondary N) is 2. The highest BCUT2D eigenvalue weighted by Gasteiger charge is 2.24. The number of aliphatic hydroxyl groups is 1. The molecule has 3 aromatic rings. The number of nitrogens with zero attached hydrogens (tertiary/aromatic N) is 5. The van der Waals surface area contributed by atoms with E-state index < -0.39 is 0 Å². The van der Waals surface area contributed by atoms with Crippen molar-refractivity contribution in [3.05, 3.63) is 54.3 Å². The van der Waals surface area contributed by atoms with Crippen molar-refractivity contribution in [3.63, 3.8) is 0 Å². The Kier molecular flexibility index (Phi) is 4.68. The Labute approximate surface area is 156 Å². The highest BCUT2D eigenvalue weighted by atomic mass is 16.3. The van der Waals surface area contributed by atoms with Gasteiger partial charge in [0.25, 0.3) is 0 Å². The van der Waals surface area contributed by atoms with E-state index >= 15 is 0 Å². The molecule has 136 valence electrons. The number of hydrogen-bond acceptors (Lipinski definition) is 6. The van der Waals surface area contributed by atoms with E-state index in [1.165, 1.54) is 4.90 Å². The Morgan fingerprint density at radius 2 is 1.93 bits per heavy atom. The zero-order chi connectivity index (χ0) is 18.6. The molecule has 1 saturated heterocycles. The molecule has 2 aromatic heterocycles. The lowest BCUT2D eigenvalue weighted by atomic mass is 10.2. The molecule has 0 bridgehead atoms. The van der Waals surface area contributed by atoms with E-state index in [0.29, 0.717) is 12.4 Å². The molecule has 3 heterocycles. The van der Waals surface area contributed by atoms with Crippen molar-refractivity contribution in [2.24, 2.45) is 0 Å². The van der Waals surface area contributed by atoms with Crippen LogP contribution in [0.4, 0.5) is 5.95 Å². The number of benzene rings is 1. The summed E-state index contributed by atoms with van der Waals surface area (Å²) in [4.78, 5) is 19.4. The van der Waals surface area contributed by atoms with Crippen LogP contribution in [0, 0.1) is 11.3 Å². The maximum atomic E-state index is 10.6. The highest BCUT2D eigenvalue weighted by Crippen LogP contribution is 2.18. The van der Waals surface area contributed by atoms with Crippen LogP contribution in [-0.2, 0) is 0 Å². The number of rotatable bonds is 4. The number of allylic oxidation sites excluding steroid dienone is 1. The molecule has 4 rings (SSSR count). The fraction of sp³-hybridized carbons (Fsp3) is 0.263. The number of H-pyrrole nitrogens is 1. The molecule has 3 N–H and O–H groups in total. The van der Waals surface area contributed by atoms with Crippen molar-refractivity contribution >= 4 is 22.6 Å². The van der Waals surface area contributed by atoms with Crippen molar-refractivity contribution in [3.8, 4) is 6.07 Å². The second-order valence-electron chi connectivity index (χ2n) is 6.50. The normalized spacial score (nSPS) is 16.2. The fourth-order valence-electron chi connectivity index (χ4n) is 3.30. The summed E-state index contributed by atoms with van der Waals surface area (Å²) in [6.45, 7) is 3.67. The topological polar surface area (TPSA) is 106 Å². The summed E-state index contributed by atoms with van der Waals surface area (Å²) in [7, 11) is 0. The van der Waals surface area contributed by atoms with Gasteiger partial charge in [-0.15, -0.1) is 0 Å². The molecule has 0 spiro atoms. The van der Waals surface area contributed by atoms with Gasteiger partial charge in [-0.3, -0.25) is 0 Å². The maximum Gasteiger partial charge on any atom is 0.225 e. The molecule has 0 unspecified atom stereocenters. The first-order valence-corrected chi connectivity index (χ1v) is 8.87. The van der Waals surface area contributed by atoms with Crippen molar-refractivity contribution in [2.75, 3.05) is 37.6 Å². The largest absolute Gasteiger partial charge is 0.506 e. The van der Waals surface area contributed by atoms with E-state index in [0.717, 1.165) is 43.2 Å². The third-order valence-electron chi connectivity index (χ3n) is 4.75. The van der Waals surface area contributed by atoms with Crippen molar-refractivity contribution in [2.45, 2.75) is 0 Å². The minimum absolute atomic E-state index is 0.0657. The van der Waals surface area contributed by atoms with Gasteiger partial charge in [-0.2, -0.15) is 5.26 Å². The molecule has 8 heteroatoms. The average molecular weight is 362 g/mol. The van der Waals surface area contributed by atoms with Crippen LogP contribution < -0.4 is 9.80 Å². The molecule has 1 aliphatic heterocycles. The third-order valence-corrected chi connectivity index (χ3v) is 4.75. The van der Waals surface area contributed by atoms with Crippen LogP contribution in [0.2, 0.25) is 0 Å². The van der Waals surface area contributed by atoms with Crippen molar-refractivity contribution in [1.82, 2.24) is 19.9 Å². The summed E-state index contributed by atoms with van der Waals surface area (Å²) < 4.78 is 0. The molecule has 1 fully saturated rings. The number of imidazole rings is 1. The number of aliphatic hydroxyl groups excluding tert-OH is 1. The summed E-state index contributed by atoms with van der Waals surface area (Å²) in [5.41, 5.74) is 1.82. The van der Waals surface area contributed by atoms with Crippen molar-refractivity contribution < 1.29 is 10.0 Å². The lowest BCUT2D eigenvalue weighted by Crippen LogP contribution is -3.15. The predicted octanol–water partition coefficient (Wildman–Crippen LogP) is 0.551. The van der Waals surface area contributed by atoms with E-state index in [1.807, 2.05) is 24.3 Å². The minimum Gasteiger partial charge on any atom is -0.506 e. The number of fused-ring (bicyclic) bond motifs is 1. The quantitative estimate of drug-likeness (QED) is 0.462. The Balaban J connectivity index is 1.46. The van der Waals surface area contributed by atoms with E-state index in [9.17, 15) is 10.4 Å². The summed E-state index contributed by atoms with van der Waals surface area (Å²) in [5.74, 6) is 1.21. The number of aromatic amines is 1. The first-order chi connectivity index (χ1) is 13.2. The molecule has 0 atom stereocenters. The van der Waals surface area contributed by atoms with Crippen LogP contribution in [0.15, 0.2) is 48.5 Å². The van der Waals surface area contributed by atoms with Gasteiger partial charge in [0, 0.05) is 12.4 Å². The number of piperazine rings is 1. The number of nitriles is 1. The standard InChI is InChI=1S/C19H19N7O/c20-12-14(18-23-15-4-1-2-5-16(15)24-18)17(27)13-25-8-10-26(11-9-25)19-21-6-3-7-22-19/h1-7,27H,8-11,13H2,(H,23,24)/p+1/b17-14-. The van der Waals surface area contributed by atoms with Crippen LogP contribution >= 0.6 is 0 Å². The Morgan fingerprint density at radius 1 is 1.19 bits per heavy atom. The second-order valence-corrected chi connectivity index (χ2v) is 6.50. The molecule has 27 heavy (non-hydrogen) atoms. The summed E-state index contributed by atoms with van der Waals surface area (Å²) in [6, 6.07) is 11.5. The molecule has 0 aliphatic carbocycles. The minimum atomic E-state index is 0.0657. The molecule has 0 saturated carbocycles. The van der Waals surface area contributed by atoms with E-state index in [2.05, 4.69) is 30.9 Å². The smallest absolute Gasteiger partial charge is 0.225 e. The summed E-state index contributed by atoms with van der Waals surface area (Å²) in [6.07, 6.45) is 3.48. The number of aromatic nitrogens is 4. The monoisotopic (exact) mass is 362 g/mol. The average Bonchev–Trinajstić information content (AvgIpc) is 3.13. The molecule has 8 nitrogen and oxygen atoms in total. The Bertz CT molecular complexity index is 965. The number of para-hydroxylation sites is 2. The van der Waals surface area contributed by atoms with Gasteiger partial charge in [-0.1, -0.05) is 12.1 Å². The Hall–Kier alpha value is -3.44. The van der Waals surface area contributed by atoms with Crippen LogP contribution in [0.3, 0.4) is 0 Å².